The number of ether oxygens (including phenoxy) is 1. The van der Waals surface area contributed by atoms with Crippen LogP contribution in [0, 0.1) is 6.92 Å². The van der Waals surface area contributed by atoms with Crippen LogP contribution in [0.4, 0.5) is 5.82 Å². The Labute approximate surface area is 172 Å². The van der Waals surface area contributed by atoms with Crippen molar-refractivity contribution in [3.05, 3.63) is 53.8 Å². The Hall–Kier alpha value is -3.05. The minimum absolute atomic E-state index is 0.240. The molecule has 3 aromatic rings. The summed E-state index contributed by atoms with van der Waals surface area (Å²) in [6.45, 7) is 3.06. The smallest absolute Gasteiger partial charge is 0.350 e. The number of aromatic nitrogens is 3. The highest BCUT2D eigenvalue weighted by atomic mass is 32.1. The molecule has 11 heteroatoms. The van der Waals surface area contributed by atoms with Gasteiger partial charge in [0.05, 0.1) is 5.69 Å². The predicted molar refractivity (Wildman–Crippen MR) is 111 cm³/mol. The standard InChI is InChI=1S/C18H18N4O5S2/c1-3-5-22-14(19)12(15(24)21-18(22)26)11(23)7-27-17(25)13-9(2)20-16(29-13)10-4-6-28-8-10/h4,6,8H,3,5,7,19H2,1-2H3,(H,21,24,26). The lowest BCUT2D eigenvalue weighted by molar-refractivity contribution is 0.0478. The molecule has 0 radical (unpaired) electrons. The third kappa shape index (κ3) is 4.20. The molecule has 0 amide bonds. The molecule has 3 N–H and O–H groups in total. The molecule has 0 atom stereocenters. The van der Waals surface area contributed by atoms with E-state index in [1.54, 1.807) is 6.92 Å². The number of hydrogen-bond acceptors (Lipinski definition) is 9. The Morgan fingerprint density at radius 2 is 2.10 bits per heavy atom. The second-order valence-electron chi connectivity index (χ2n) is 6.12. The van der Waals surface area contributed by atoms with Gasteiger partial charge in [-0.25, -0.2) is 14.6 Å². The number of carbonyl (C=O) groups excluding carboxylic acids is 2. The lowest BCUT2D eigenvalue weighted by atomic mass is 10.2. The number of rotatable bonds is 7. The van der Waals surface area contributed by atoms with Crippen LogP contribution < -0.4 is 17.0 Å². The van der Waals surface area contributed by atoms with Gasteiger partial charge >= 0.3 is 11.7 Å². The molecule has 0 spiro atoms. The normalized spacial score (nSPS) is 10.8. The predicted octanol–water partition coefficient (Wildman–Crippen LogP) is 2.06. The zero-order valence-corrected chi connectivity index (χ0v) is 17.3. The number of nitrogen functional groups attached to an aromatic ring is 1. The number of H-pyrrole nitrogens is 1. The Morgan fingerprint density at radius 1 is 1.34 bits per heavy atom. The van der Waals surface area contributed by atoms with Gasteiger partial charge in [-0.15, -0.1) is 11.3 Å². The van der Waals surface area contributed by atoms with E-state index in [4.69, 9.17) is 10.5 Å². The highest BCUT2D eigenvalue weighted by Crippen LogP contribution is 2.29. The van der Waals surface area contributed by atoms with Crippen LogP contribution in [0.15, 0.2) is 26.4 Å². The van der Waals surface area contributed by atoms with Gasteiger partial charge in [0.2, 0.25) is 5.78 Å². The van der Waals surface area contributed by atoms with Crippen molar-refractivity contribution in [3.63, 3.8) is 0 Å². The minimum atomic E-state index is -0.908. The summed E-state index contributed by atoms with van der Waals surface area (Å²) in [4.78, 5) is 55.4. The van der Waals surface area contributed by atoms with Crippen molar-refractivity contribution >= 4 is 40.2 Å². The van der Waals surface area contributed by atoms with Gasteiger partial charge in [0.1, 0.15) is 21.3 Å². The number of hydrogen-bond donors (Lipinski definition) is 2. The SMILES string of the molecule is CCCn1c(N)c(C(=O)COC(=O)c2sc(-c3ccsc3)nc2C)c(=O)[nH]c1=O. The Morgan fingerprint density at radius 3 is 2.76 bits per heavy atom. The quantitative estimate of drug-likeness (QED) is 0.429. The van der Waals surface area contributed by atoms with Gasteiger partial charge in [0.15, 0.2) is 6.61 Å². The number of esters is 1. The summed E-state index contributed by atoms with van der Waals surface area (Å²) >= 11 is 2.68. The van der Waals surface area contributed by atoms with Crippen molar-refractivity contribution < 1.29 is 14.3 Å². The number of Topliss-reactive ketones (excluding diaryl/α,β-unsaturated/α-hetero) is 1. The average molecular weight is 434 g/mol. The van der Waals surface area contributed by atoms with Crippen molar-refractivity contribution in [1.82, 2.24) is 14.5 Å². The number of aromatic amines is 1. The largest absolute Gasteiger partial charge is 0.453 e. The molecule has 3 heterocycles. The van der Waals surface area contributed by atoms with Crippen molar-refractivity contribution in [2.45, 2.75) is 26.8 Å². The van der Waals surface area contributed by atoms with Crippen molar-refractivity contribution in [3.8, 4) is 10.6 Å². The van der Waals surface area contributed by atoms with Crippen molar-refractivity contribution in [1.29, 1.82) is 0 Å². The number of thiazole rings is 1. The summed E-state index contributed by atoms with van der Waals surface area (Å²) in [7, 11) is 0. The van der Waals surface area contributed by atoms with Crippen molar-refractivity contribution in [2.75, 3.05) is 12.3 Å². The molecule has 0 aromatic carbocycles. The van der Waals surface area contributed by atoms with Gasteiger partial charge in [-0.3, -0.25) is 19.1 Å². The van der Waals surface area contributed by atoms with E-state index in [1.165, 1.54) is 11.3 Å². The van der Waals surface area contributed by atoms with Crippen LogP contribution in [0.1, 0.15) is 39.1 Å². The molecule has 0 saturated heterocycles. The maximum absolute atomic E-state index is 12.5. The summed E-state index contributed by atoms with van der Waals surface area (Å²) in [6.07, 6.45) is 0.579. The van der Waals surface area contributed by atoms with E-state index in [2.05, 4.69) is 9.97 Å². The van der Waals surface area contributed by atoms with Gasteiger partial charge < -0.3 is 10.5 Å². The molecule has 29 heavy (non-hydrogen) atoms. The summed E-state index contributed by atoms with van der Waals surface area (Å²) in [5.41, 5.74) is 5.24. The van der Waals surface area contributed by atoms with Gasteiger partial charge in [0.25, 0.3) is 5.56 Å². The summed E-state index contributed by atoms with van der Waals surface area (Å²) in [5, 5.41) is 4.49. The van der Waals surface area contributed by atoms with Gasteiger partial charge in [-0.2, -0.15) is 11.3 Å². The topological polar surface area (TPSA) is 137 Å². The number of anilines is 1. The third-order valence-corrected chi connectivity index (χ3v) is 5.92. The number of thiophene rings is 1. The molecule has 0 aliphatic heterocycles. The van der Waals surface area contributed by atoms with Crippen LogP contribution in [0.25, 0.3) is 10.6 Å². The van der Waals surface area contributed by atoms with E-state index in [-0.39, 0.29) is 17.2 Å². The van der Waals surface area contributed by atoms with E-state index >= 15 is 0 Å². The molecule has 9 nitrogen and oxygen atoms in total. The molecule has 3 aromatic heterocycles. The lowest BCUT2D eigenvalue weighted by Gasteiger charge is -2.11. The van der Waals surface area contributed by atoms with E-state index in [9.17, 15) is 19.2 Å². The fourth-order valence-electron chi connectivity index (χ4n) is 2.67. The monoisotopic (exact) mass is 434 g/mol. The van der Waals surface area contributed by atoms with Gasteiger partial charge in [0, 0.05) is 17.5 Å². The van der Waals surface area contributed by atoms with Gasteiger partial charge in [-0.05, 0) is 24.8 Å². The molecule has 0 saturated carbocycles. The first-order valence-electron chi connectivity index (χ1n) is 8.66. The molecular formula is C18H18N4O5S2. The van der Waals surface area contributed by atoms with Crippen LogP contribution in [0.3, 0.4) is 0 Å². The molecule has 0 unspecified atom stereocenters. The van der Waals surface area contributed by atoms with Crippen LogP contribution in [-0.4, -0.2) is 32.9 Å². The van der Waals surface area contributed by atoms with E-state index in [0.29, 0.717) is 17.1 Å². The number of nitrogens with zero attached hydrogens (tertiary/aromatic N) is 2. The first kappa shape index (κ1) is 20.7. The molecule has 0 aliphatic rings. The molecule has 0 aliphatic carbocycles. The number of nitrogens with two attached hydrogens (primary N) is 1. The number of aryl methyl sites for hydroxylation is 1. The first-order valence-corrected chi connectivity index (χ1v) is 10.4. The van der Waals surface area contributed by atoms with Gasteiger partial charge in [-0.1, -0.05) is 6.92 Å². The third-order valence-electron chi connectivity index (χ3n) is 4.05. The molecule has 3 rings (SSSR count). The second kappa shape index (κ2) is 8.53. The number of carbonyl (C=O) groups is 2. The minimum Gasteiger partial charge on any atom is -0.453 e. The highest BCUT2D eigenvalue weighted by molar-refractivity contribution is 7.17. The lowest BCUT2D eigenvalue weighted by Crippen LogP contribution is -2.37. The Balaban J connectivity index is 1.78. The fraction of sp³-hybridized carbons (Fsp3) is 0.278. The maximum atomic E-state index is 12.5. The maximum Gasteiger partial charge on any atom is 0.350 e. The second-order valence-corrected chi connectivity index (χ2v) is 7.90. The Kier molecular flexibility index (Phi) is 6.09. The van der Waals surface area contributed by atoms with Crippen LogP contribution in [0.5, 0.6) is 0 Å². The first-order chi connectivity index (χ1) is 13.8. The molecular weight excluding hydrogens is 416 g/mol. The highest BCUT2D eigenvalue weighted by Gasteiger charge is 2.23. The zero-order chi connectivity index (χ0) is 21.1. The van der Waals surface area contributed by atoms with Crippen LogP contribution >= 0.6 is 22.7 Å². The molecule has 0 bridgehead atoms. The van der Waals surface area contributed by atoms with E-state index in [1.807, 2.05) is 23.8 Å². The Bertz CT molecular complexity index is 1170. The summed E-state index contributed by atoms with van der Waals surface area (Å²) < 4.78 is 6.19. The van der Waals surface area contributed by atoms with E-state index in [0.717, 1.165) is 21.5 Å². The number of nitrogens with one attached hydrogen (secondary N) is 1. The molecule has 152 valence electrons. The number of ketones is 1. The van der Waals surface area contributed by atoms with Crippen LogP contribution in [0.2, 0.25) is 0 Å². The molecule has 0 fully saturated rings. The summed E-state index contributed by atoms with van der Waals surface area (Å²) in [5.74, 6) is -1.75. The fourth-order valence-corrected chi connectivity index (χ4v) is 4.34. The summed E-state index contributed by atoms with van der Waals surface area (Å²) in [6, 6.07) is 1.89. The van der Waals surface area contributed by atoms with Crippen molar-refractivity contribution in [2.24, 2.45) is 0 Å². The average Bonchev–Trinajstić information content (AvgIpc) is 3.32. The van der Waals surface area contributed by atoms with Crippen LogP contribution in [-0.2, 0) is 11.3 Å². The van der Waals surface area contributed by atoms with E-state index < -0.39 is 35.2 Å². The zero-order valence-electron chi connectivity index (χ0n) is 15.7.